The standard InChI is InChI=1S/C16H19N3O2/c1-11-10-18(14-5-3-2-4-13(11)14)15-7-6-12(9-17)8-16(15)19(20)21/h6-8,11,13-14H,2-5,10H2,1H3. The molecule has 3 rings (SSSR count). The van der Waals surface area contributed by atoms with Crippen LogP contribution in [0.25, 0.3) is 0 Å². The molecule has 1 heterocycles. The van der Waals surface area contributed by atoms with Crippen molar-refractivity contribution >= 4 is 11.4 Å². The molecule has 0 amide bonds. The average molecular weight is 285 g/mol. The molecule has 1 aliphatic heterocycles. The van der Waals surface area contributed by atoms with E-state index in [1.54, 1.807) is 12.1 Å². The summed E-state index contributed by atoms with van der Waals surface area (Å²) in [4.78, 5) is 13.2. The number of nitriles is 1. The predicted molar refractivity (Wildman–Crippen MR) is 80.1 cm³/mol. The monoisotopic (exact) mass is 285 g/mol. The Morgan fingerprint density at radius 1 is 1.38 bits per heavy atom. The summed E-state index contributed by atoms with van der Waals surface area (Å²) in [5.41, 5.74) is 1.09. The summed E-state index contributed by atoms with van der Waals surface area (Å²) >= 11 is 0. The molecule has 2 fully saturated rings. The molecule has 1 aromatic carbocycles. The van der Waals surface area contributed by atoms with Gasteiger partial charge in [-0.1, -0.05) is 19.8 Å². The van der Waals surface area contributed by atoms with Crippen LogP contribution in [0.3, 0.4) is 0 Å². The number of nitro groups is 1. The molecule has 5 heteroatoms. The molecule has 21 heavy (non-hydrogen) atoms. The van der Waals surface area contributed by atoms with Crippen molar-refractivity contribution in [3.05, 3.63) is 33.9 Å². The van der Waals surface area contributed by atoms with Gasteiger partial charge in [0.2, 0.25) is 0 Å². The summed E-state index contributed by atoms with van der Waals surface area (Å²) in [5.74, 6) is 1.22. The number of hydrogen-bond acceptors (Lipinski definition) is 4. The maximum absolute atomic E-state index is 11.4. The number of fused-ring (bicyclic) bond motifs is 1. The highest BCUT2D eigenvalue weighted by molar-refractivity contribution is 5.66. The Labute approximate surface area is 124 Å². The summed E-state index contributed by atoms with van der Waals surface area (Å²) in [7, 11) is 0. The van der Waals surface area contributed by atoms with Crippen molar-refractivity contribution in [3.8, 4) is 6.07 Å². The minimum Gasteiger partial charge on any atom is -0.362 e. The van der Waals surface area contributed by atoms with Crippen molar-refractivity contribution in [2.24, 2.45) is 11.8 Å². The van der Waals surface area contributed by atoms with E-state index in [9.17, 15) is 10.1 Å². The van der Waals surface area contributed by atoms with E-state index in [1.807, 2.05) is 6.07 Å². The zero-order chi connectivity index (χ0) is 15.0. The molecule has 5 nitrogen and oxygen atoms in total. The van der Waals surface area contributed by atoms with Crippen LogP contribution in [-0.2, 0) is 0 Å². The van der Waals surface area contributed by atoms with Crippen LogP contribution < -0.4 is 4.90 Å². The van der Waals surface area contributed by atoms with Crippen LogP contribution in [0.5, 0.6) is 0 Å². The average Bonchev–Trinajstić information content (AvgIpc) is 2.84. The van der Waals surface area contributed by atoms with Gasteiger partial charge in [0.15, 0.2) is 0 Å². The first-order chi connectivity index (χ1) is 10.1. The normalized spacial score (nSPS) is 28.0. The first kappa shape index (κ1) is 13.9. The highest BCUT2D eigenvalue weighted by atomic mass is 16.6. The Hall–Kier alpha value is -2.09. The first-order valence-corrected chi connectivity index (χ1v) is 7.57. The minimum atomic E-state index is -0.364. The molecule has 1 saturated carbocycles. The van der Waals surface area contributed by atoms with Crippen LogP contribution in [0.1, 0.15) is 38.2 Å². The van der Waals surface area contributed by atoms with E-state index in [0.29, 0.717) is 29.1 Å². The minimum absolute atomic E-state index is 0.0625. The summed E-state index contributed by atoms with van der Waals surface area (Å²) < 4.78 is 0. The first-order valence-electron chi connectivity index (χ1n) is 7.57. The Bertz CT molecular complexity index is 608. The Kier molecular flexibility index (Phi) is 3.54. The predicted octanol–water partition coefficient (Wildman–Crippen LogP) is 3.48. The molecule has 110 valence electrons. The van der Waals surface area contributed by atoms with Gasteiger partial charge in [0.25, 0.3) is 5.69 Å². The number of benzene rings is 1. The van der Waals surface area contributed by atoms with Gasteiger partial charge in [-0.3, -0.25) is 10.1 Å². The lowest BCUT2D eigenvalue weighted by atomic mass is 9.80. The van der Waals surface area contributed by atoms with Crippen LogP contribution in [0.4, 0.5) is 11.4 Å². The molecule has 2 aliphatic rings. The summed E-state index contributed by atoms with van der Waals surface area (Å²) in [6.45, 7) is 3.13. The van der Waals surface area contributed by atoms with Crippen molar-refractivity contribution in [1.29, 1.82) is 5.26 Å². The van der Waals surface area contributed by atoms with Gasteiger partial charge < -0.3 is 4.90 Å². The number of hydrogen-bond donors (Lipinski definition) is 0. The van der Waals surface area contributed by atoms with Crippen molar-refractivity contribution in [3.63, 3.8) is 0 Å². The van der Waals surface area contributed by atoms with Gasteiger partial charge in [0.1, 0.15) is 5.69 Å². The Morgan fingerprint density at radius 2 is 2.14 bits per heavy atom. The van der Waals surface area contributed by atoms with Crippen LogP contribution in [0.15, 0.2) is 18.2 Å². The van der Waals surface area contributed by atoms with Crippen molar-refractivity contribution in [2.45, 2.75) is 38.6 Å². The van der Waals surface area contributed by atoms with Gasteiger partial charge in [0, 0.05) is 18.7 Å². The van der Waals surface area contributed by atoms with Crippen LogP contribution in [0, 0.1) is 33.3 Å². The molecule has 0 bridgehead atoms. The third-order valence-corrected chi connectivity index (χ3v) is 5.01. The van der Waals surface area contributed by atoms with Gasteiger partial charge in [0.05, 0.1) is 16.6 Å². The molecule has 0 radical (unpaired) electrons. The van der Waals surface area contributed by atoms with E-state index in [4.69, 9.17) is 5.26 Å². The molecule has 0 spiro atoms. The zero-order valence-corrected chi connectivity index (χ0v) is 12.2. The van der Waals surface area contributed by atoms with E-state index in [0.717, 1.165) is 13.0 Å². The van der Waals surface area contributed by atoms with Crippen molar-refractivity contribution in [2.75, 3.05) is 11.4 Å². The summed E-state index contributed by atoms with van der Waals surface area (Å²) in [6, 6.07) is 7.23. The van der Waals surface area contributed by atoms with Crippen LogP contribution in [0.2, 0.25) is 0 Å². The van der Waals surface area contributed by atoms with Gasteiger partial charge in [-0.15, -0.1) is 0 Å². The van der Waals surface area contributed by atoms with E-state index >= 15 is 0 Å². The summed E-state index contributed by atoms with van der Waals surface area (Å²) in [5, 5.41) is 20.3. The summed E-state index contributed by atoms with van der Waals surface area (Å²) in [6.07, 6.45) is 4.82. The number of rotatable bonds is 2. The van der Waals surface area contributed by atoms with Gasteiger partial charge in [-0.2, -0.15) is 5.26 Å². The SMILES string of the molecule is CC1CN(c2ccc(C#N)cc2[N+](=O)[O-])C2CCCCC12. The smallest absolute Gasteiger partial charge is 0.293 e. The zero-order valence-electron chi connectivity index (χ0n) is 12.2. The molecule has 1 saturated heterocycles. The van der Waals surface area contributed by atoms with E-state index in [2.05, 4.69) is 11.8 Å². The van der Waals surface area contributed by atoms with Crippen molar-refractivity contribution < 1.29 is 4.92 Å². The fraction of sp³-hybridized carbons (Fsp3) is 0.562. The molecule has 1 aliphatic carbocycles. The molecule has 1 aromatic rings. The topological polar surface area (TPSA) is 70.2 Å². The molecule has 3 unspecified atom stereocenters. The van der Waals surface area contributed by atoms with Crippen molar-refractivity contribution in [1.82, 2.24) is 0 Å². The maximum atomic E-state index is 11.4. The third kappa shape index (κ3) is 2.35. The van der Waals surface area contributed by atoms with Gasteiger partial charge >= 0.3 is 0 Å². The molecule has 0 N–H and O–H groups in total. The lowest BCUT2D eigenvalue weighted by Crippen LogP contribution is -2.35. The quantitative estimate of drug-likeness (QED) is 0.616. The molecular formula is C16H19N3O2. The highest BCUT2D eigenvalue weighted by Gasteiger charge is 2.42. The fourth-order valence-corrected chi connectivity index (χ4v) is 4.03. The van der Waals surface area contributed by atoms with E-state index in [-0.39, 0.29) is 10.6 Å². The third-order valence-electron chi connectivity index (χ3n) is 5.01. The second kappa shape index (κ2) is 5.36. The highest BCUT2D eigenvalue weighted by Crippen LogP contribution is 2.44. The maximum Gasteiger partial charge on any atom is 0.293 e. The Morgan fingerprint density at radius 3 is 2.86 bits per heavy atom. The van der Waals surface area contributed by atoms with Crippen LogP contribution >= 0.6 is 0 Å². The van der Waals surface area contributed by atoms with Gasteiger partial charge in [-0.05, 0) is 36.8 Å². The fourth-order valence-electron chi connectivity index (χ4n) is 4.03. The van der Waals surface area contributed by atoms with Crippen LogP contribution in [-0.4, -0.2) is 17.5 Å². The number of anilines is 1. The second-order valence-electron chi connectivity index (χ2n) is 6.22. The second-order valence-corrected chi connectivity index (χ2v) is 6.22. The molecule has 3 atom stereocenters. The number of nitro benzene ring substituents is 1. The molecular weight excluding hydrogens is 266 g/mol. The van der Waals surface area contributed by atoms with E-state index in [1.165, 1.54) is 25.3 Å². The largest absolute Gasteiger partial charge is 0.362 e. The lowest BCUT2D eigenvalue weighted by Gasteiger charge is -2.33. The lowest BCUT2D eigenvalue weighted by molar-refractivity contribution is -0.384. The molecule has 0 aromatic heterocycles. The number of nitrogens with zero attached hydrogens (tertiary/aromatic N) is 3. The Balaban J connectivity index is 2.00. The van der Waals surface area contributed by atoms with E-state index < -0.39 is 0 Å². The van der Waals surface area contributed by atoms with Gasteiger partial charge in [-0.25, -0.2) is 0 Å².